The summed E-state index contributed by atoms with van der Waals surface area (Å²) in [5, 5.41) is 0. The smallest absolute Gasteiger partial charge is 0.339 e. The van der Waals surface area contributed by atoms with Crippen molar-refractivity contribution in [2.75, 3.05) is 0 Å². The van der Waals surface area contributed by atoms with Gasteiger partial charge < -0.3 is 18.4 Å². The lowest BCUT2D eigenvalue weighted by Crippen LogP contribution is -2.22. The number of ether oxygens (including phenoxy) is 3. The van der Waals surface area contributed by atoms with E-state index in [2.05, 4.69) is 0 Å². The summed E-state index contributed by atoms with van der Waals surface area (Å²) >= 11 is 0. The van der Waals surface area contributed by atoms with E-state index in [1.54, 1.807) is 36.4 Å². The Hall–Kier alpha value is -3.97. The average Bonchev–Trinajstić information content (AvgIpc) is 2.88. The second-order valence-corrected chi connectivity index (χ2v) is 14.9. The normalized spacial score (nSPS) is 12.5. The maximum atomic E-state index is 13.9. The van der Waals surface area contributed by atoms with Crippen molar-refractivity contribution in [3.63, 3.8) is 0 Å². The van der Waals surface area contributed by atoms with Crippen LogP contribution in [-0.4, -0.2) is 25.2 Å². The molecule has 7 heteroatoms. The minimum atomic E-state index is -4.24. The highest BCUT2D eigenvalue weighted by Crippen LogP contribution is 2.40. The summed E-state index contributed by atoms with van der Waals surface area (Å²) in [7, 11) is -4.24. The van der Waals surface area contributed by atoms with E-state index in [-0.39, 0.29) is 27.4 Å². The summed E-state index contributed by atoms with van der Waals surface area (Å²) in [6.07, 6.45) is 0. The van der Waals surface area contributed by atoms with Crippen molar-refractivity contribution in [2.45, 2.75) is 84.0 Å². The maximum Gasteiger partial charge on any atom is 0.339 e. The molecule has 0 aliphatic carbocycles. The minimum absolute atomic E-state index is 0.0551. The van der Waals surface area contributed by atoms with Crippen molar-refractivity contribution < 1.29 is 26.8 Å². The second kappa shape index (κ2) is 12.0. The molecule has 228 valence electrons. The fourth-order valence-corrected chi connectivity index (χ4v) is 5.64. The summed E-state index contributed by atoms with van der Waals surface area (Å²) < 4.78 is 51.3. The first-order chi connectivity index (χ1) is 19.9. The van der Waals surface area contributed by atoms with E-state index in [1.807, 2.05) is 117 Å². The van der Waals surface area contributed by atoms with Crippen LogP contribution >= 0.6 is 0 Å². The molecular formula is C36H42O6S. The van der Waals surface area contributed by atoms with Crippen molar-refractivity contribution in [1.82, 2.24) is 0 Å². The van der Waals surface area contributed by atoms with E-state index in [0.717, 1.165) is 16.9 Å². The number of rotatable bonds is 8. The molecule has 0 aliphatic heterocycles. The molecule has 4 rings (SSSR count). The van der Waals surface area contributed by atoms with E-state index in [9.17, 15) is 8.42 Å². The molecule has 0 radical (unpaired) electrons. The summed E-state index contributed by atoms with van der Waals surface area (Å²) in [6.45, 7) is 17.8. The first kappa shape index (κ1) is 32.0. The molecule has 0 amide bonds. The first-order valence-corrected chi connectivity index (χ1v) is 15.7. The molecule has 0 unspecified atom stereocenters. The van der Waals surface area contributed by atoms with Crippen LogP contribution in [-0.2, 0) is 10.1 Å². The van der Waals surface area contributed by atoms with Crippen LogP contribution in [0.2, 0.25) is 0 Å². The van der Waals surface area contributed by atoms with Gasteiger partial charge in [-0.25, -0.2) is 0 Å². The monoisotopic (exact) mass is 602 g/mol. The van der Waals surface area contributed by atoms with Crippen LogP contribution in [0, 0.1) is 0 Å². The van der Waals surface area contributed by atoms with E-state index in [1.165, 1.54) is 0 Å². The van der Waals surface area contributed by atoms with Gasteiger partial charge in [0.25, 0.3) is 0 Å². The van der Waals surface area contributed by atoms with Gasteiger partial charge in [0.05, 0.1) is 0 Å². The molecule has 0 fully saturated rings. The van der Waals surface area contributed by atoms with Gasteiger partial charge >= 0.3 is 10.1 Å². The van der Waals surface area contributed by atoms with Crippen LogP contribution in [0.1, 0.15) is 62.3 Å². The highest BCUT2D eigenvalue weighted by atomic mass is 32.2. The van der Waals surface area contributed by atoms with Gasteiger partial charge in [-0.05, 0) is 134 Å². The van der Waals surface area contributed by atoms with Crippen LogP contribution in [0.25, 0.3) is 22.3 Å². The van der Waals surface area contributed by atoms with Crippen LogP contribution in [0.4, 0.5) is 0 Å². The molecule has 0 bridgehead atoms. The third kappa shape index (κ3) is 9.01. The molecule has 0 saturated heterocycles. The Morgan fingerprint density at radius 2 is 0.837 bits per heavy atom. The van der Waals surface area contributed by atoms with E-state index < -0.39 is 10.1 Å². The number of hydrogen-bond acceptors (Lipinski definition) is 6. The fraction of sp³-hybridized carbons (Fsp3) is 0.333. The van der Waals surface area contributed by atoms with Gasteiger partial charge in [-0.1, -0.05) is 36.4 Å². The Morgan fingerprint density at radius 3 is 1.26 bits per heavy atom. The SMILES string of the molecule is CC(C)(C)Oc1ccc(OS(=O)(=O)c2cccc(-c3ccc(OC(C)(C)C)cc3)c2-c2ccc(OC(C)(C)C)cc2)cc1. The Morgan fingerprint density at radius 1 is 0.465 bits per heavy atom. The molecule has 43 heavy (non-hydrogen) atoms. The van der Waals surface area contributed by atoms with E-state index >= 15 is 0 Å². The highest BCUT2D eigenvalue weighted by Gasteiger charge is 2.25. The highest BCUT2D eigenvalue weighted by molar-refractivity contribution is 7.87. The lowest BCUT2D eigenvalue weighted by molar-refractivity contribution is 0.130. The summed E-state index contributed by atoms with van der Waals surface area (Å²) in [6, 6.07) is 26.9. The molecule has 6 nitrogen and oxygen atoms in total. The second-order valence-electron chi connectivity index (χ2n) is 13.4. The minimum Gasteiger partial charge on any atom is -0.488 e. The quantitative estimate of drug-likeness (QED) is 0.187. The van der Waals surface area contributed by atoms with Gasteiger partial charge in [0, 0.05) is 5.56 Å². The van der Waals surface area contributed by atoms with Crippen molar-refractivity contribution >= 4 is 10.1 Å². The van der Waals surface area contributed by atoms with Crippen molar-refractivity contribution in [3.05, 3.63) is 91.0 Å². The topological polar surface area (TPSA) is 71.1 Å². The summed E-state index contributed by atoms with van der Waals surface area (Å²) in [5.41, 5.74) is 1.73. The Balaban J connectivity index is 1.78. The van der Waals surface area contributed by atoms with Crippen LogP contribution < -0.4 is 18.4 Å². The Bertz CT molecular complexity index is 1630. The standard InChI is InChI=1S/C36H42O6S/c1-34(2,3)39-27-17-13-25(14-18-27)31-11-10-12-32(33(31)26-15-19-28(20-16-26)40-35(4,5)6)43(37,38)42-30-23-21-29(22-24-30)41-36(7,8)9/h10-24H,1-9H3. The van der Waals surface area contributed by atoms with Crippen LogP contribution in [0.5, 0.6) is 23.0 Å². The molecule has 0 heterocycles. The lowest BCUT2D eigenvalue weighted by Gasteiger charge is -2.22. The summed E-state index contributed by atoms with van der Waals surface area (Å²) in [5.74, 6) is 2.23. The van der Waals surface area contributed by atoms with Gasteiger partial charge in [-0.15, -0.1) is 0 Å². The third-order valence-electron chi connectivity index (χ3n) is 5.91. The van der Waals surface area contributed by atoms with Crippen LogP contribution in [0.3, 0.4) is 0 Å². The Kier molecular flexibility index (Phi) is 8.89. The molecule has 4 aromatic rings. The molecule has 0 aliphatic rings. The molecule has 0 aromatic heterocycles. The summed E-state index contributed by atoms with van der Waals surface area (Å²) in [4.78, 5) is 0.0551. The largest absolute Gasteiger partial charge is 0.488 e. The van der Waals surface area contributed by atoms with E-state index in [4.69, 9.17) is 18.4 Å². The van der Waals surface area contributed by atoms with Gasteiger partial charge in [0.1, 0.15) is 44.7 Å². The van der Waals surface area contributed by atoms with Crippen molar-refractivity contribution in [2.24, 2.45) is 0 Å². The molecule has 0 saturated carbocycles. The van der Waals surface area contributed by atoms with Crippen molar-refractivity contribution in [3.8, 4) is 45.3 Å². The van der Waals surface area contributed by atoms with Gasteiger partial charge in [0.15, 0.2) is 0 Å². The van der Waals surface area contributed by atoms with E-state index in [0.29, 0.717) is 22.6 Å². The lowest BCUT2D eigenvalue weighted by atomic mass is 9.94. The van der Waals surface area contributed by atoms with Crippen LogP contribution in [0.15, 0.2) is 95.9 Å². The molecule has 4 aromatic carbocycles. The number of benzene rings is 4. The molecule has 0 N–H and O–H groups in total. The maximum absolute atomic E-state index is 13.9. The Labute approximate surface area is 256 Å². The first-order valence-electron chi connectivity index (χ1n) is 14.3. The zero-order valence-corrected chi connectivity index (χ0v) is 27.3. The molecular weight excluding hydrogens is 560 g/mol. The van der Waals surface area contributed by atoms with Crippen molar-refractivity contribution in [1.29, 1.82) is 0 Å². The predicted molar refractivity (Wildman–Crippen MR) is 173 cm³/mol. The average molecular weight is 603 g/mol. The van der Waals surface area contributed by atoms with Gasteiger partial charge in [-0.3, -0.25) is 0 Å². The number of hydrogen-bond donors (Lipinski definition) is 0. The van der Waals surface area contributed by atoms with Gasteiger partial charge in [0.2, 0.25) is 0 Å². The predicted octanol–water partition coefficient (Wildman–Crippen LogP) is 9.32. The zero-order valence-electron chi connectivity index (χ0n) is 26.5. The van der Waals surface area contributed by atoms with Gasteiger partial charge in [-0.2, -0.15) is 8.42 Å². The molecule has 0 atom stereocenters. The zero-order chi connectivity index (χ0) is 31.6. The third-order valence-corrected chi connectivity index (χ3v) is 7.20. The fourth-order valence-electron chi connectivity index (χ4n) is 4.47. The molecule has 0 spiro atoms.